The number of ether oxygens (including phenoxy) is 1. The molecule has 3 rings (SSSR count). The molecule has 0 aliphatic carbocycles. The van der Waals surface area contributed by atoms with Gasteiger partial charge in [0.2, 0.25) is 0 Å². The van der Waals surface area contributed by atoms with E-state index >= 15 is 0 Å². The maximum Gasteiger partial charge on any atom is 0.321 e. The van der Waals surface area contributed by atoms with Crippen molar-refractivity contribution in [3.05, 3.63) is 29.8 Å². The number of urea groups is 1. The monoisotopic (exact) mass is 275 g/mol. The van der Waals surface area contributed by atoms with Crippen molar-refractivity contribution in [3.8, 4) is 0 Å². The molecule has 3 amide bonds. The second kappa shape index (κ2) is 5.50. The topological polar surface area (TPSA) is 61.9 Å². The van der Waals surface area contributed by atoms with Gasteiger partial charge in [0.1, 0.15) is 0 Å². The number of hydrogen-bond donors (Lipinski definition) is 1. The van der Waals surface area contributed by atoms with Crippen molar-refractivity contribution in [3.63, 3.8) is 0 Å². The largest absolute Gasteiger partial charge is 0.378 e. The molecule has 2 fully saturated rings. The number of nitrogens with one attached hydrogen (secondary N) is 1. The number of hydrogen-bond acceptors (Lipinski definition) is 3. The van der Waals surface area contributed by atoms with Gasteiger partial charge in [-0.3, -0.25) is 9.69 Å². The van der Waals surface area contributed by atoms with Gasteiger partial charge in [0, 0.05) is 37.4 Å². The van der Waals surface area contributed by atoms with Gasteiger partial charge in [-0.1, -0.05) is 0 Å². The summed E-state index contributed by atoms with van der Waals surface area (Å²) in [5.41, 5.74) is 1.47. The van der Waals surface area contributed by atoms with E-state index in [1.165, 1.54) is 0 Å². The van der Waals surface area contributed by atoms with Gasteiger partial charge >= 0.3 is 6.03 Å². The number of anilines is 1. The summed E-state index contributed by atoms with van der Waals surface area (Å²) >= 11 is 0. The Bertz CT molecular complexity index is 509. The third-order valence-corrected chi connectivity index (χ3v) is 3.58. The molecule has 1 aromatic rings. The molecule has 0 saturated carbocycles. The molecule has 1 aromatic carbocycles. The molecule has 20 heavy (non-hydrogen) atoms. The lowest BCUT2D eigenvalue weighted by Gasteiger charge is -2.27. The Kier molecular flexibility index (Phi) is 3.56. The summed E-state index contributed by atoms with van der Waals surface area (Å²) in [7, 11) is 0. The van der Waals surface area contributed by atoms with Crippen molar-refractivity contribution in [2.75, 3.05) is 44.3 Å². The normalized spacial score (nSPS) is 19.1. The van der Waals surface area contributed by atoms with Gasteiger partial charge in [-0.25, -0.2) is 4.79 Å². The zero-order chi connectivity index (χ0) is 13.9. The highest BCUT2D eigenvalue weighted by atomic mass is 16.5. The molecule has 0 spiro atoms. The predicted molar refractivity (Wildman–Crippen MR) is 73.9 cm³/mol. The summed E-state index contributed by atoms with van der Waals surface area (Å²) in [5, 5.41) is 2.76. The Morgan fingerprint density at radius 3 is 2.40 bits per heavy atom. The van der Waals surface area contributed by atoms with Crippen molar-refractivity contribution < 1.29 is 14.3 Å². The third kappa shape index (κ3) is 2.46. The van der Waals surface area contributed by atoms with Crippen LogP contribution in [0.4, 0.5) is 10.5 Å². The minimum Gasteiger partial charge on any atom is -0.378 e. The van der Waals surface area contributed by atoms with Gasteiger partial charge in [0.05, 0.1) is 13.2 Å². The molecular formula is C14H17N3O3. The Morgan fingerprint density at radius 2 is 1.80 bits per heavy atom. The molecule has 106 valence electrons. The lowest BCUT2D eigenvalue weighted by atomic mass is 10.1. The van der Waals surface area contributed by atoms with Crippen LogP contribution in [0.1, 0.15) is 10.4 Å². The first kappa shape index (κ1) is 12.9. The van der Waals surface area contributed by atoms with E-state index in [2.05, 4.69) is 5.32 Å². The molecule has 2 heterocycles. The molecule has 2 aliphatic heterocycles. The maximum atomic E-state index is 12.3. The first-order valence-electron chi connectivity index (χ1n) is 6.78. The van der Waals surface area contributed by atoms with Crippen molar-refractivity contribution in [1.82, 2.24) is 10.2 Å². The molecule has 0 bridgehead atoms. The van der Waals surface area contributed by atoms with Crippen LogP contribution in [-0.2, 0) is 4.74 Å². The zero-order valence-electron chi connectivity index (χ0n) is 11.2. The van der Waals surface area contributed by atoms with Gasteiger partial charge in [0.15, 0.2) is 0 Å². The van der Waals surface area contributed by atoms with E-state index in [1.807, 2.05) is 12.1 Å². The highest BCUT2D eigenvalue weighted by molar-refractivity contribution is 5.97. The molecule has 2 saturated heterocycles. The van der Waals surface area contributed by atoms with E-state index in [0.29, 0.717) is 45.0 Å². The van der Waals surface area contributed by atoms with Gasteiger partial charge in [-0.2, -0.15) is 0 Å². The smallest absolute Gasteiger partial charge is 0.321 e. The van der Waals surface area contributed by atoms with Crippen molar-refractivity contribution in [2.24, 2.45) is 0 Å². The van der Waals surface area contributed by atoms with E-state index < -0.39 is 0 Å². The van der Waals surface area contributed by atoms with Crippen molar-refractivity contribution >= 4 is 17.6 Å². The van der Waals surface area contributed by atoms with Gasteiger partial charge in [-0.15, -0.1) is 0 Å². The van der Waals surface area contributed by atoms with Crippen LogP contribution in [0.3, 0.4) is 0 Å². The van der Waals surface area contributed by atoms with E-state index in [0.717, 1.165) is 5.69 Å². The summed E-state index contributed by atoms with van der Waals surface area (Å²) in [6.07, 6.45) is 0. The van der Waals surface area contributed by atoms with E-state index in [9.17, 15) is 9.59 Å². The fourth-order valence-electron chi connectivity index (χ4n) is 2.45. The average molecular weight is 275 g/mol. The van der Waals surface area contributed by atoms with Crippen LogP contribution in [0.15, 0.2) is 24.3 Å². The first-order valence-corrected chi connectivity index (χ1v) is 6.78. The minimum atomic E-state index is -0.0859. The van der Waals surface area contributed by atoms with Crippen LogP contribution >= 0.6 is 0 Å². The Labute approximate surface area is 117 Å². The second-order valence-electron chi connectivity index (χ2n) is 4.84. The molecule has 0 aromatic heterocycles. The molecule has 0 radical (unpaired) electrons. The lowest BCUT2D eigenvalue weighted by Crippen LogP contribution is -2.40. The van der Waals surface area contributed by atoms with E-state index in [1.54, 1.807) is 21.9 Å². The fourth-order valence-corrected chi connectivity index (χ4v) is 2.45. The summed E-state index contributed by atoms with van der Waals surface area (Å²) in [5.74, 6) is 0.0192. The highest BCUT2D eigenvalue weighted by Gasteiger charge is 2.22. The second-order valence-corrected chi connectivity index (χ2v) is 4.84. The molecule has 6 heteroatoms. The fraction of sp³-hybridized carbons (Fsp3) is 0.429. The number of carbonyl (C=O) groups excluding carboxylic acids is 2. The summed E-state index contributed by atoms with van der Waals surface area (Å²) in [6.45, 7) is 3.78. The maximum absolute atomic E-state index is 12.3. The van der Waals surface area contributed by atoms with Gasteiger partial charge < -0.3 is 15.0 Å². The number of nitrogens with zero attached hydrogens (tertiary/aromatic N) is 2. The number of carbonyl (C=O) groups is 2. The minimum absolute atomic E-state index is 0.0192. The average Bonchev–Trinajstić information content (AvgIpc) is 2.94. The SMILES string of the molecule is O=C(c1ccc(N2CCNC2=O)cc1)N1CCOCC1. The van der Waals surface area contributed by atoms with Crippen LogP contribution in [0.2, 0.25) is 0 Å². The Balaban J connectivity index is 1.72. The molecular weight excluding hydrogens is 258 g/mol. The lowest BCUT2D eigenvalue weighted by molar-refractivity contribution is 0.0303. The number of rotatable bonds is 2. The standard InChI is InChI=1S/C14H17N3O3/c18-13(16-7-9-20-10-8-16)11-1-3-12(4-2-11)17-6-5-15-14(17)19/h1-4H,5-10H2,(H,15,19). The third-order valence-electron chi connectivity index (χ3n) is 3.58. The van der Waals surface area contributed by atoms with Crippen molar-refractivity contribution in [2.45, 2.75) is 0 Å². The number of benzene rings is 1. The van der Waals surface area contributed by atoms with Gasteiger partial charge in [0.25, 0.3) is 5.91 Å². The molecule has 0 unspecified atom stereocenters. The van der Waals surface area contributed by atoms with Crippen LogP contribution in [0, 0.1) is 0 Å². The summed E-state index contributed by atoms with van der Waals surface area (Å²) in [6, 6.07) is 7.10. The zero-order valence-corrected chi connectivity index (χ0v) is 11.2. The highest BCUT2D eigenvalue weighted by Crippen LogP contribution is 2.18. The molecule has 0 atom stereocenters. The van der Waals surface area contributed by atoms with Crippen LogP contribution in [0.5, 0.6) is 0 Å². The quantitative estimate of drug-likeness (QED) is 0.863. The Hall–Kier alpha value is -2.08. The van der Waals surface area contributed by atoms with Crippen LogP contribution in [-0.4, -0.2) is 56.2 Å². The molecule has 6 nitrogen and oxygen atoms in total. The predicted octanol–water partition coefficient (Wildman–Crippen LogP) is 0.689. The number of amides is 3. The van der Waals surface area contributed by atoms with Crippen molar-refractivity contribution in [1.29, 1.82) is 0 Å². The Morgan fingerprint density at radius 1 is 1.10 bits per heavy atom. The van der Waals surface area contributed by atoms with Crippen LogP contribution in [0.25, 0.3) is 0 Å². The van der Waals surface area contributed by atoms with Gasteiger partial charge in [-0.05, 0) is 24.3 Å². The number of morpholine rings is 1. The van der Waals surface area contributed by atoms with E-state index in [-0.39, 0.29) is 11.9 Å². The van der Waals surface area contributed by atoms with E-state index in [4.69, 9.17) is 4.74 Å². The molecule has 1 N–H and O–H groups in total. The molecule has 2 aliphatic rings. The van der Waals surface area contributed by atoms with Crippen LogP contribution < -0.4 is 10.2 Å². The summed E-state index contributed by atoms with van der Waals surface area (Å²) < 4.78 is 5.24. The summed E-state index contributed by atoms with van der Waals surface area (Å²) in [4.78, 5) is 27.3. The first-order chi connectivity index (χ1) is 9.75.